The van der Waals surface area contributed by atoms with Crippen LogP contribution in [0.2, 0.25) is 0 Å². The minimum atomic E-state index is -0.766. The van der Waals surface area contributed by atoms with E-state index in [4.69, 9.17) is 14.2 Å². The van der Waals surface area contributed by atoms with Gasteiger partial charge < -0.3 is 14.2 Å². The van der Waals surface area contributed by atoms with Crippen molar-refractivity contribution in [2.45, 2.75) is 252 Å². The summed E-state index contributed by atoms with van der Waals surface area (Å²) in [7, 11) is 0. The van der Waals surface area contributed by atoms with E-state index in [1.165, 1.54) is 128 Å². The zero-order chi connectivity index (χ0) is 39.4. The molecule has 0 bridgehead atoms. The van der Waals surface area contributed by atoms with Crippen LogP contribution in [0.5, 0.6) is 0 Å². The van der Waals surface area contributed by atoms with Crippen LogP contribution in [0.3, 0.4) is 0 Å². The van der Waals surface area contributed by atoms with Crippen molar-refractivity contribution in [3.63, 3.8) is 0 Å². The fraction of sp³-hybridized carbons (Fsp3) is 0.854. The summed E-state index contributed by atoms with van der Waals surface area (Å²) in [4.78, 5) is 37.7. The molecule has 0 aliphatic carbocycles. The summed E-state index contributed by atoms with van der Waals surface area (Å²) < 4.78 is 16.7. The summed E-state index contributed by atoms with van der Waals surface area (Å²) in [5.74, 6) is -0.874. The fourth-order valence-corrected chi connectivity index (χ4v) is 6.72. The number of esters is 3. The highest BCUT2D eigenvalue weighted by Crippen LogP contribution is 2.15. The minimum absolute atomic E-state index is 0.0699. The van der Waals surface area contributed by atoms with Gasteiger partial charge in [-0.3, -0.25) is 14.4 Å². The lowest BCUT2D eigenvalue weighted by Crippen LogP contribution is -2.30. The molecule has 0 saturated carbocycles. The quantitative estimate of drug-likeness (QED) is 0.0267. The van der Waals surface area contributed by atoms with Crippen molar-refractivity contribution < 1.29 is 28.6 Å². The Morgan fingerprint density at radius 1 is 0.389 bits per heavy atom. The van der Waals surface area contributed by atoms with Gasteiger partial charge >= 0.3 is 17.9 Å². The van der Waals surface area contributed by atoms with Gasteiger partial charge in [0.1, 0.15) is 13.2 Å². The summed E-state index contributed by atoms with van der Waals surface area (Å²) in [5.41, 5.74) is 0. The monoisotopic (exact) mass is 761 g/mol. The maximum Gasteiger partial charge on any atom is 0.306 e. The molecule has 0 amide bonds. The fourth-order valence-electron chi connectivity index (χ4n) is 6.72. The highest BCUT2D eigenvalue weighted by molar-refractivity contribution is 5.71. The molecule has 0 heterocycles. The maximum atomic E-state index is 12.7. The summed E-state index contributed by atoms with van der Waals surface area (Å²) in [6.45, 7) is 6.51. The number of carbonyl (C=O) groups is 3. The Balaban J connectivity index is 4.33. The molecule has 0 aliphatic rings. The summed E-state index contributed by atoms with van der Waals surface area (Å²) in [5, 5.41) is 0. The summed E-state index contributed by atoms with van der Waals surface area (Å²) >= 11 is 0. The molecule has 1 unspecified atom stereocenters. The van der Waals surface area contributed by atoms with Crippen LogP contribution in [0.4, 0.5) is 0 Å². The molecule has 0 spiro atoms. The van der Waals surface area contributed by atoms with E-state index >= 15 is 0 Å². The van der Waals surface area contributed by atoms with Gasteiger partial charge in [0.2, 0.25) is 0 Å². The average Bonchev–Trinajstić information content (AvgIpc) is 3.17. The first-order chi connectivity index (χ1) is 26.5. The molecule has 0 aromatic heterocycles. The number of hydrogen-bond acceptors (Lipinski definition) is 6. The Morgan fingerprint density at radius 2 is 0.722 bits per heavy atom. The number of rotatable bonds is 42. The molecule has 0 rings (SSSR count). The normalized spacial score (nSPS) is 12.1. The first-order valence-corrected chi connectivity index (χ1v) is 23.3. The van der Waals surface area contributed by atoms with E-state index in [1.54, 1.807) is 0 Å². The van der Waals surface area contributed by atoms with Crippen LogP contribution >= 0.6 is 0 Å². The van der Waals surface area contributed by atoms with Crippen molar-refractivity contribution in [3.8, 4) is 0 Å². The zero-order valence-electron chi connectivity index (χ0n) is 36.0. The number of allylic oxidation sites excluding steroid dienone is 4. The van der Waals surface area contributed by atoms with E-state index in [0.717, 1.165) is 77.0 Å². The van der Waals surface area contributed by atoms with Gasteiger partial charge in [-0.2, -0.15) is 0 Å². The molecule has 0 N–H and O–H groups in total. The van der Waals surface area contributed by atoms with Crippen molar-refractivity contribution in [2.75, 3.05) is 13.2 Å². The number of carbonyl (C=O) groups excluding carboxylic acids is 3. The molecule has 0 radical (unpaired) electrons. The third-order valence-electron chi connectivity index (χ3n) is 10.2. The molecule has 316 valence electrons. The first kappa shape index (κ1) is 51.9. The lowest BCUT2D eigenvalue weighted by atomic mass is 10.0. The molecular formula is C48H88O6. The van der Waals surface area contributed by atoms with Gasteiger partial charge in [-0.15, -0.1) is 0 Å². The summed E-state index contributed by atoms with van der Waals surface area (Å²) in [6.07, 6.45) is 47.3. The third-order valence-corrected chi connectivity index (χ3v) is 10.2. The number of unbranched alkanes of at least 4 members (excludes halogenated alkanes) is 27. The van der Waals surface area contributed by atoms with Crippen LogP contribution in [0.15, 0.2) is 24.3 Å². The predicted octanol–water partition coefficient (Wildman–Crippen LogP) is 14.8. The maximum absolute atomic E-state index is 12.7. The van der Waals surface area contributed by atoms with Gasteiger partial charge in [0.15, 0.2) is 6.10 Å². The van der Waals surface area contributed by atoms with Crippen molar-refractivity contribution in [1.29, 1.82) is 0 Å². The minimum Gasteiger partial charge on any atom is -0.462 e. The van der Waals surface area contributed by atoms with E-state index in [1.807, 2.05) is 0 Å². The van der Waals surface area contributed by atoms with Crippen LogP contribution in [-0.2, 0) is 28.6 Å². The average molecular weight is 761 g/mol. The van der Waals surface area contributed by atoms with Crippen LogP contribution in [0.1, 0.15) is 245 Å². The molecule has 0 aromatic rings. The molecule has 6 nitrogen and oxygen atoms in total. The lowest BCUT2D eigenvalue weighted by molar-refractivity contribution is -0.167. The SMILES string of the molecule is CC/C=C\C/C=C\CCCCCCCCCC(=O)OCC(COC(=O)CCCCCCCCCCC)OC(=O)CCCCCCCCCCCCCCC. The molecule has 0 aromatic carbocycles. The van der Waals surface area contributed by atoms with E-state index in [2.05, 4.69) is 45.1 Å². The van der Waals surface area contributed by atoms with Crippen LogP contribution in [0.25, 0.3) is 0 Å². The molecule has 54 heavy (non-hydrogen) atoms. The van der Waals surface area contributed by atoms with Crippen molar-refractivity contribution in [1.82, 2.24) is 0 Å². The van der Waals surface area contributed by atoms with Gasteiger partial charge in [-0.25, -0.2) is 0 Å². The Bertz CT molecular complexity index is 880. The van der Waals surface area contributed by atoms with E-state index < -0.39 is 6.10 Å². The second kappa shape index (κ2) is 43.6. The Kier molecular flexibility index (Phi) is 41.9. The van der Waals surface area contributed by atoms with E-state index in [0.29, 0.717) is 19.3 Å². The topological polar surface area (TPSA) is 78.9 Å². The highest BCUT2D eigenvalue weighted by Gasteiger charge is 2.19. The Labute approximate surface area is 334 Å². The predicted molar refractivity (Wildman–Crippen MR) is 229 cm³/mol. The Hall–Kier alpha value is -2.11. The van der Waals surface area contributed by atoms with Gasteiger partial charge in [-0.05, 0) is 44.9 Å². The van der Waals surface area contributed by atoms with Crippen LogP contribution < -0.4 is 0 Å². The molecule has 1 atom stereocenters. The first-order valence-electron chi connectivity index (χ1n) is 23.3. The molecule has 0 aliphatic heterocycles. The third kappa shape index (κ3) is 41.1. The van der Waals surface area contributed by atoms with Crippen molar-refractivity contribution >= 4 is 17.9 Å². The molecule has 6 heteroatoms. The second-order valence-corrected chi connectivity index (χ2v) is 15.6. The second-order valence-electron chi connectivity index (χ2n) is 15.6. The van der Waals surface area contributed by atoms with Crippen LogP contribution in [0, 0.1) is 0 Å². The molecular weight excluding hydrogens is 673 g/mol. The molecule has 0 fully saturated rings. The number of hydrogen-bond donors (Lipinski definition) is 0. The van der Waals surface area contributed by atoms with Crippen molar-refractivity contribution in [3.05, 3.63) is 24.3 Å². The van der Waals surface area contributed by atoms with E-state index in [-0.39, 0.29) is 31.1 Å². The van der Waals surface area contributed by atoms with Gasteiger partial charge in [-0.1, -0.05) is 206 Å². The smallest absolute Gasteiger partial charge is 0.306 e. The largest absolute Gasteiger partial charge is 0.462 e. The number of ether oxygens (including phenoxy) is 3. The lowest BCUT2D eigenvalue weighted by Gasteiger charge is -2.18. The van der Waals surface area contributed by atoms with E-state index in [9.17, 15) is 14.4 Å². The summed E-state index contributed by atoms with van der Waals surface area (Å²) in [6, 6.07) is 0. The zero-order valence-corrected chi connectivity index (χ0v) is 36.0. The van der Waals surface area contributed by atoms with Crippen LogP contribution in [-0.4, -0.2) is 37.2 Å². The van der Waals surface area contributed by atoms with Crippen molar-refractivity contribution in [2.24, 2.45) is 0 Å². The standard InChI is InChI=1S/C48H88O6/c1-4-7-10-13-16-19-21-23-25-26-29-32-35-38-41-47(50)53-44-45(43-52-46(49)40-37-34-31-28-18-15-12-9-6-3)54-48(51)42-39-36-33-30-27-24-22-20-17-14-11-8-5-2/h7,10,16,19,45H,4-6,8-9,11-15,17-18,20-44H2,1-3H3/b10-7-,19-16-. The van der Waals surface area contributed by atoms with Gasteiger partial charge in [0, 0.05) is 19.3 Å². The van der Waals surface area contributed by atoms with Gasteiger partial charge in [0.25, 0.3) is 0 Å². The Morgan fingerprint density at radius 3 is 1.11 bits per heavy atom. The van der Waals surface area contributed by atoms with Gasteiger partial charge in [0.05, 0.1) is 0 Å². The highest BCUT2D eigenvalue weighted by atomic mass is 16.6. The molecule has 0 saturated heterocycles.